The number of para-hydroxylation sites is 1. The summed E-state index contributed by atoms with van der Waals surface area (Å²) >= 11 is 0. The Kier molecular flexibility index (Phi) is 4.80. The zero-order chi connectivity index (χ0) is 17.9. The van der Waals surface area contributed by atoms with Crippen molar-refractivity contribution in [3.63, 3.8) is 0 Å². The molecule has 1 aromatic heterocycles. The molecule has 0 amide bonds. The van der Waals surface area contributed by atoms with Crippen LogP contribution in [0.15, 0.2) is 53.3 Å². The summed E-state index contributed by atoms with van der Waals surface area (Å²) in [6, 6.07) is 13.8. The molecule has 1 aliphatic rings. The van der Waals surface area contributed by atoms with Gasteiger partial charge in [0.1, 0.15) is 11.6 Å². The van der Waals surface area contributed by atoms with E-state index < -0.39 is 0 Å². The van der Waals surface area contributed by atoms with Gasteiger partial charge in [0, 0.05) is 6.04 Å². The molecule has 4 rings (SSSR count). The summed E-state index contributed by atoms with van der Waals surface area (Å²) in [7, 11) is 0. The van der Waals surface area contributed by atoms with E-state index in [2.05, 4.69) is 5.32 Å². The van der Waals surface area contributed by atoms with Crippen LogP contribution in [0.3, 0.4) is 0 Å². The van der Waals surface area contributed by atoms with E-state index in [0.717, 1.165) is 12.8 Å². The zero-order valence-corrected chi connectivity index (χ0v) is 14.6. The molecule has 3 aromatic rings. The number of fused-ring (bicyclic) bond motifs is 1. The van der Waals surface area contributed by atoms with Crippen LogP contribution in [0.2, 0.25) is 0 Å². The molecule has 1 fully saturated rings. The number of aromatic nitrogens is 2. The molecule has 0 bridgehead atoms. The van der Waals surface area contributed by atoms with Gasteiger partial charge in [0.15, 0.2) is 0 Å². The van der Waals surface area contributed by atoms with Crippen LogP contribution in [0.1, 0.15) is 37.9 Å². The van der Waals surface area contributed by atoms with Gasteiger partial charge in [0.05, 0.1) is 23.1 Å². The number of nitrogens with zero attached hydrogens (tertiary/aromatic N) is 2. The molecule has 1 heterocycles. The zero-order valence-electron chi connectivity index (χ0n) is 14.6. The molecule has 0 atom stereocenters. The number of hydrogen-bond acceptors (Lipinski definition) is 3. The van der Waals surface area contributed by atoms with Crippen molar-refractivity contribution in [2.45, 2.75) is 44.7 Å². The standard InChI is InChI=1S/C21H22FN3O/c22-15-10-12-17(13-11-15)25-20(14-23-16-6-2-1-3-7-16)24-19-9-5-4-8-18(19)21(25)26/h4-5,8-13,16,23H,1-3,6-7,14H2. The predicted octanol–water partition coefficient (Wildman–Crippen LogP) is 3.95. The molecule has 0 spiro atoms. The fourth-order valence-corrected chi connectivity index (χ4v) is 3.70. The Morgan fingerprint density at radius 1 is 1.04 bits per heavy atom. The summed E-state index contributed by atoms with van der Waals surface area (Å²) in [6.07, 6.45) is 6.11. The van der Waals surface area contributed by atoms with Gasteiger partial charge in [0.2, 0.25) is 0 Å². The first-order valence-electron chi connectivity index (χ1n) is 9.22. The average molecular weight is 351 g/mol. The van der Waals surface area contributed by atoms with Crippen molar-refractivity contribution in [3.8, 4) is 5.69 Å². The largest absolute Gasteiger partial charge is 0.307 e. The van der Waals surface area contributed by atoms with Crippen molar-refractivity contribution in [2.24, 2.45) is 0 Å². The van der Waals surface area contributed by atoms with E-state index in [-0.39, 0.29) is 11.4 Å². The average Bonchev–Trinajstić information content (AvgIpc) is 2.68. The number of rotatable bonds is 4. The summed E-state index contributed by atoms with van der Waals surface area (Å²) in [4.78, 5) is 17.8. The smallest absolute Gasteiger partial charge is 0.266 e. The van der Waals surface area contributed by atoms with E-state index in [4.69, 9.17) is 4.98 Å². The maximum absolute atomic E-state index is 13.3. The van der Waals surface area contributed by atoms with Crippen molar-refractivity contribution in [1.29, 1.82) is 0 Å². The quantitative estimate of drug-likeness (QED) is 0.774. The molecule has 4 nitrogen and oxygen atoms in total. The first-order chi connectivity index (χ1) is 12.7. The number of halogens is 1. The number of nitrogens with one attached hydrogen (secondary N) is 1. The highest BCUT2D eigenvalue weighted by Crippen LogP contribution is 2.19. The lowest BCUT2D eigenvalue weighted by Gasteiger charge is -2.23. The number of hydrogen-bond donors (Lipinski definition) is 1. The molecule has 1 aliphatic carbocycles. The normalized spacial score (nSPS) is 15.4. The molecule has 5 heteroatoms. The third-order valence-electron chi connectivity index (χ3n) is 5.08. The molecule has 2 aromatic carbocycles. The summed E-state index contributed by atoms with van der Waals surface area (Å²) in [5, 5.41) is 4.12. The summed E-state index contributed by atoms with van der Waals surface area (Å²) in [5.74, 6) is 0.336. The van der Waals surface area contributed by atoms with Crippen LogP contribution >= 0.6 is 0 Å². The maximum Gasteiger partial charge on any atom is 0.266 e. The van der Waals surface area contributed by atoms with Crippen molar-refractivity contribution in [2.75, 3.05) is 0 Å². The molecular formula is C21H22FN3O. The highest BCUT2D eigenvalue weighted by Gasteiger charge is 2.16. The van der Waals surface area contributed by atoms with Crippen LogP contribution in [0, 0.1) is 5.82 Å². The third kappa shape index (κ3) is 3.40. The minimum atomic E-state index is -0.322. The van der Waals surface area contributed by atoms with E-state index >= 15 is 0 Å². The van der Waals surface area contributed by atoms with Gasteiger partial charge in [-0.1, -0.05) is 31.4 Å². The van der Waals surface area contributed by atoms with E-state index in [0.29, 0.717) is 35.0 Å². The highest BCUT2D eigenvalue weighted by molar-refractivity contribution is 5.77. The third-order valence-corrected chi connectivity index (χ3v) is 5.08. The molecule has 134 valence electrons. The second kappa shape index (κ2) is 7.38. The lowest BCUT2D eigenvalue weighted by atomic mass is 9.95. The molecule has 0 aliphatic heterocycles. The van der Waals surface area contributed by atoms with Crippen LogP contribution in [0.25, 0.3) is 16.6 Å². The van der Waals surface area contributed by atoms with Gasteiger partial charge in [-0.05, 0) is 49.2 Å². The fourth-order valence-electron chi connectivity index (χ4n) is 3.70. The van der Waals surface area contributed by atoms with E-state index in [9.17, 15) is 9.18 Å². The molecule has 0 unspecified atom stereocenters. The Balaban J connectivity index is 1.77. The van der Waals surface area contributed by atoms with Gasteiger partial charge in [-0.2, -0.15) is 0 Å². The molecule has 1 saturated carbocycles. The van der Waals surface area contributed by atoms with E-state index in [1.807, 2.05) is 18.2 Å². The van der Waals surface area contributed by atoms with Gasteiger partial charge in [-0.15, -0.1) is 0 Å². The van der Waals surface area contributed by atoms with Crippen molar-refractivity contribution < 1.29 is 4.39 Å². The van der Waals surface area contributed by atoms with Gasteiger partial charge in [-0.3, -0.25) is 9.36 Å². The van der Waals surface area contributed by atoms with E-state index in [1.54, 1.807) is 22.8 Å². The first kappa shape index (κ1) is 16.9. The second-order valence-electron chi connectivity index (χ2n) is 6.88. The topological polar surface area (TPSA) is 46.9 Å². The van der Waals surface area contributed by atoms with Crippen molar-refractivity contribution in [3.05, 3.63) is 70.5 Å². The summed E-state index contributed by atoms with van der Waals surface area (Å²) in [5.41, 5.74) is 1.20. The Morgan fingerprint density at radius 3 is 2.54 bits per heavy atom. The Hall–Kier alpha value is -2.53. The lowest BCUT2D eigenvalue weighted by Crippen LogP contribution is -2.34. The fraction of sp³-hybridized carbons (Fsp3) is 0.333. The van der Waals surface area contributed by atoms with Gasteiger partial charge < -0.3 is 5.32 Å². The van der Waals surface area contributed by atoms with Crippen LogP contribution in [-0.4, -0.2) is 15.6 Å². The summed E-state index contributed by atoms with van der Waals surface area (Å²) in [6.45, 7) is 0.516. The monoisotopic (exact) mass is 351 g/mol. The highest BCUT2D eigenvalue weighted by atomic mass is 19.1. The van der Waals surface area contributed by atoms with Crippen LogP contribution in [0.5, 0.6) is 0 Å². The minimum absolute atomic E-state index is 0.123. The van der Waals surface area contributed by atoms with Gasteiger partial charge in [-0.25, -0.2) is 9.37 Å². The first-order valence-corrected chi connectivity index (χ1v) is 9.22. The minimum Gasteiger partial charge on any atom is -0.307 e. The predicted molar refractivity (Wildman–Crippen MR) is 101 cm³/mol. The van der Waals surface area contributed by atoms with Crippen molar-refractivity contribution >= 4 is 10.9 Å². The van der Waals surface area contributed by atoms with Crippen LogP contribution < -0.4 is 10.9 Å². The van der Waals surface area contributed by atoms with Gasteiger partial charge in [0.25, 0.3) is 5.56 Å². The molecule has 26 heavy (non-hydrogen) atoms. The molecule has 0 radical (unpaired) electrons. The van der Waals surface area contributed by atoms with Crippen LogP contribution in [-0.2, 0) is 6.54 Å². The Bertz CT molecular complexity index is 959. The van der Waals surface area contributed by atoms with E-state index in [1.165, 1.54) is 31.4 Å². The Labute approximate surface area is 151 Å². The van der Waals surface area contributed by atoms with Gasteiger partial charge >= 0.3 is 0 Å². The molecule has 1 N–H and O–H groups in total. The number of benzene rings is 2. The lowest BCUT2D eigenvalue weighted by molar-refractivity contribution is 0.368. The SMILES string of the molecule is O=c1c2ccccc2nc(CNC2CCCCC2)n1-c1ccc(F)cc1. The summed E-state index contributed by atoms with van der Waals surface area (Å²) < 4.78 is 14.9. The Morgan fingerprint density at radius 2 is 1.77 bits per heavy atom. The maximum atomic E-state index is 13.3. The van der Waals surface area contributed by atoms with Crippen LogP contribution in [0.4, 0.5) is 4.39 Å². The van der Waals surface area contributed by atoms with Crippen molar-refractivity contribution in [1.82, 2.24) is 14.9 Å². The molecular weight excluding hydrogens is 329 g/mol. The second-order valence-corrected chi connectivity index (χ2v) is 6.88. The molecule has 0 saturated heterocycles.